The number of anilines is 1. The van der Waals surface area contributed by atoms with Crippen molar-refractivity contribution in [3.63, 3.8) is 0 Å². The van der Waals surface area contributed by atoms with Gasteiger partial charge < -0.3 is 14.4 Å². The molecule has 1 fully saturated rings. The van der Waals surface area contributed by atoms with Crippen molar-refractivity contribution < 1.29 is 14.3 Å². The van der Waals surface area contributed by atoms with Crippen molar-refractivity contribution in [2.75, 3.05) is 38.8 Å². The van der Waals surface area contributed by atoms with E-state index in [1.54, 1.807) is 19.4 Å². The average Bonchev–Trinajstić information content (AvgIpc) is 2.32. The summed E-state index contributed by atoms with van der Waals surface area (Å²) in [4.78, 5) is 21.6. The van der Waals surface area contributed by atoms with Crippen molar-refractivity contribution in [2.45, 2.75) is 0 Å². The van der Waals surface area contributed by atoms with Crippen LogP contribution in [0.5, 0.6) is 0 Å². The van der Waals surface area contributed by atoms with E-state index >= 15 is 0 Å². The van der Waals surface area contributed by atoms with Gasteiger partial charge in [-0.15, -0.1) is 0 Å². The largest absolute Gasteiger partial charge is 0.464 e. The summed E-state index contributed by atoms with van der Waals surface area (Å²) in [5, 5.41) is 0. The number of esters is 1. The number of hydrogen-bond donors (Lipinski definition) is 0. The van der Waals surface area contributed by atoms with Crippen LogP contribution in [-0.4, -0.2) is 49.9 Å². The van der Waals surface area contributed by atoms with Crippen LogP contribution in [0.3, 0.4) is 0 Å². The van der Waals surface area contributed by atoms with Gasteiger partial charge in [0.2, 0.25) is 5.95 Å². The first-order chi connectivity index (χ1) is 8.24. The lowest BCUT2D eigenvalue weighted by Crippen LogP contribution is -2.49. The van der Waals surface area contributed by atoms with E-state index in [9.17, 15) is 4.79 Å². The van der Waals surface area contributed by atoms with Crippen LogP contribution in [0.15, 0.2) is 12.3 Å². The number of hydrogen-bond acceptors (Lipinski definition) is 6. The summed E-state index contributed by atoms with van der Waals surface area (Å²) < 4.78 is 9.68. The molecule has 0 aliphatic carbocycles. The fourth-order valence-electron chi connectivity index (χ4n) is 1.79. The van der Waals surface area contributed by atoms with E-state index in [-0.39, 0.29) is 5.69 Å². The highest BCUT2D eigenvalue weighted by atomic mass is 16.5. The molecule has 0 N–H and O–H groups in total. The minimum Gasteiger partial charge on any atom is -0.464 e. The first kappa shape index (κ1) is 11.8. The van der Waals surface area contributed by atoms with Crippen LogP contribution in [0.25, 0.3) is 0 Å². The van der Waals surface area contributed by atoms with E-state index in [2.05, 4.69) is 14.7 Å². The fraction of sp³-hybridized carbons (Fsp3) is 0.545. The third kappa shape index (κ3) is 2.52. The Kier molecular flexibility index (Phi) is 3.53. The summed E-state index contributed by atoms with van der Waals surface area (Å²) in [5.74, 6) is 0.647. The van der Waals surface area contributed by atoms with Crippen molar-refractivity contribution in [1.82, 2.24) is 9.97 Å². The van der Waals surface area contributed by atoms with Crippen molar-refractivity contribution in [1.29, 1.82) is 0 Å². The Bertz CT molecular complexity index is 405. The third-order valence-corrected chi connectivity index (χ3v) is 2.68. The molecule has 6 heteroatoms. The average molecular weight is 237 g/mol. The van der Waals surface area contributed by atoms with E-state index in [0.717, 1.165) is 19.7 Å². The quantitative estimate of drug-likeness (QED) is 0.704. The van der Waals surface area contributed by atoms with Crippen LogP contribution in [0.2, 0.25) is 0 Å². The zero-order valence-electron chi connectivity index (χ0n) is 9.92. The molecule has 92 valence electrons. The maximum atomic E-state index is 11.3. The van der Waals surface area contributed by atoms with Gasteiger partial charge >= 0.3 is 5.97 Å². The SMILES string of the molecule is COCC1CN(c2nccc(C(=O)OC)n2)C1. The van der Waals surface area contributed by atoms with Crippen molar-refractivity contribution >= 4 is 11.9 Å². The molecule has 1 aliphatic rings. The highest BCUT2D eigenvalue weighted by Gasteiger charge is 2.28. The number of rotatable bonds is 4. The summed E-state index contributed by atoms with van der Waals surface area (Å²) in [7, 11) is 3.03. The second-order valence-corrected chi connectivity index (χ2v) is 3.96. The Morgan fingerprint density at radius 2 is 2.29 bits per heavy atom. The molecule has 1 saturated heterocycles. The van der Waals surface area contributed by atoms with Crippen LogP contribution in [0, 0.1) is 5.92 Å². The monoisotopic (exact) mass is 237 g/mol. The highest BCUT2D eigenvalue weighted by Crippen LogP contribution is 2.21. The van der Waals surface area contributed by atoms with E-state index in [1.165, 1.54) is 7.11 Å². The van der Waals surface area contributed by atoms with Gasteiger partial charge in [0, 0.05) is 32.3 Å². The fourth-order valence-corrected chi connectivity index (χ4v) is 1.79. The van der Waals surface area contributed by atoms with E-state index in [0.29, 0.717) is 11.9 Å². The molecule has 0 spiro atoms. The normalized spacial score (nSPS) is 15.5. The van der Waals surface area contributed by atoms with Gasteiger partial charge in [-0.3, -0.25) is 0 Å². The molecule has 17 heavy (non-hydrogen) atoms. The zero-order valence-corrected chi connectivity index (χ0v) is 9.92. The van der Waals surface area contributed by atoms with Gasteiger partial charge in [0.15, 0.2) is 5.69 Å². The standard InChI is InChI=1S/C11H15N3O3/c1-16-7-8-5-14(6-8)11-12-4-3-9(13-11)10(15)17-2/h3-4,8H,5-7H2,1-2H3. The van der Waals surface area contributed by atoms with Crippen molar-refractivity contribution in [2.24, 2.45) is 5.92 Å². The molecule has 0 saturated carbocycles. The summed E-state index contributed by atoms with van der Waals surface area (Å²) in [6, 6.07) is 1.54. The molecule has 6 nitrogen and oxygen atoms in total. The van der Waals surface area contributed by atoms with Crippen molar-refractivity contribution in [3.8, 4) is 0 Å². The lowest BCUT2D eigenvalue weighted by Gasteiger charge is -2.38. The zero-order chi connectivity index (χ0) is 12.3. The predicted molar refractivity (Wildman–Crippen MR) is 61.0 cm³/mol. The van der Waals surface area contributed by atoms with Crippen LogP contribution in [0.4, 0.5) is 5.95 Å². The second-order valence-electron chi connectivity index (χ2n) is 3.96. The van der Waals surface area contributed by atoms with Gasteiger partial charge in [-0.2, -0.15) is 0 Å². The van der Waals surface area contributed by atoms with Gasteiger partial charge in [-0.05, 0) is 6.07 Å². The Labute approximate surface area is 99.6 Å². The Morgan fingerprint density at radius 3 is 2.94 bits per heavy atom. The minimum absolute atomic E-state index is 0.285. The Balaban J connectivity index is 2.01. The molecule has 0 amide bonds. The molecule has 0 unspecified atom stereocenters. The molecule has 0 bridgehead atoms. The summed E-state index contributed by atoms with van der Waals surface area (Å²) in [6.45, 7) is 2.46. The minimum atomic E-state index is -0.442. The molecule has 1 aromatic heterocycles. The van der Waals surface area contributed by atoms with Gasteiger partial charge in [0.1, 0.15) is 0 Å². The molecule has 2 heterocycles. The van der Waals surface area contributed by atoms with Gasteiger partial charge in [-0.25, -0.2) is 14.8 Å². The van der Waals surface area contributed by atoms with Gasteiger partial charge in [0.05, 0.1) is 13.7 Å². The topological polar surface area (TPSA) is 64.5 Å². The van der Waals surface area contributed by atoms with Crippen molar-refractivity contribution in [3.05, 3.63) is 18.0 Å². The summed E-state index contributed by atoms with van der Waals surface area (Å²) in [5.41, 5.74) is 0.285. The third-order valence-electron chi connectivity index (χ3n) is 2.68. The number of nitrogens with zero attached hydrogens (tertiary/aromatic N) is 3. The second kappa shape index (κ2) is 5.09. The highest BCUT2D eigenvalue weighted by molar-refractivity contribution is 5.87. The molecule has 0 radical (unpaired) electrons. The first-order valence-electron chi connectivity index (χ1n) is 5.40. The maximum Gasteiger partial charge on any atom is 0.356 e. The van der Waals surface area contributed by atoms with Crippen LogP contribution < -0.4 is 4.90 Å². The number of aromatic nitrogens is 2. The first-order valence-corrected chi connectivity index (χ1v) is 5.40. The molecule has 0 aromatic carbocycles. The molecule has 1 aliphatic heterocycles. The van der Waals surface area contributed by atoms with Crippen LogP contribution >= 0.6 is 0 Å². The van der Waals surface area contributed by atoms with Crippen LogP contribution in [-0.2, 0) is 9.47 Å². The predicted octanol–water partition coefficient (Wildman–Crippen LogP) is 0.346. The molecule has 2 rings (SSSR count). The number of methoxy groups -OCH3 is 2. The molecular formula is C11H15N3O3. The number of carbonyl (C=O) groups is 1. The lowest BCUT2D eigenvalue weighted by atomic mass is 10.0. The Morgan fingerprint density at radius 1 is 1.53 bits per heavy atom. The molecule has 1 aromatic rings. The Hall–Kier alpha value is -1.69. The van der Waals surface area contributed by atoms with Gasteiger partial charge in [0.25, 0.3) is 0 Å². The van der Waals surface area contributed by atoms with E-state index in [4.69, 9.17) is 4.74 Å². The molecule has 0 atom stereocenters. The smallest absolute Gasteiger partial charge is 0.356 e. The summed E-state index contributed by atoms with van der Waals surface area (Å²) >= 11 is 0. The lowest BCUT2D eigenvalue weighted by molar-refractivity contribution is 0.0593. The number of carbonyl (C=O) groups excluding carboxylic acids is 1. The molecular weight excluding hydrogens is 222 g/mol. The van der Waals surface area contributed by atoms with Gasteiger partial charge in [-0.1, -0.05) is 0 Å². The van der Waals surface area contributed by atoms with Crippen LogP contribution in [0.1, 0.15) is 10.5 Å². The van der Waals surface area contributed by atoms with E-state index in [1.807, 2.05) is 4.90 Å². The summed E-state index contributed by atoms with van der Waals surface area (Å²) in [6.07, 6.45) is 1.57. The number of ether oxygens (including phenoxy) is 2. The van der Waals surface area contributed by atoms with E-state index < -0.39 is 5.97 Å². The maximum absolute atomic E-state index is 11.3.